The molecule has 106 valence electrons. The molecule has 0 saturated carbocycles. The number of aromatic carboxylic acids is 1. The second-order valence-corrected chi connectivity index (χ2v) is 5.25. The molecule has 0 aliphatic rings. The smallest absolute Gasteiger partial charge is 0.335 e. The summed E-state index contributed by atoms with van der Waals surface area (Å²) in [6.45, 7) is 2.18. The number of aromatic nitrogens is 1. The summed E-state index contributed by atoms with van der Waals surface area (Å²) < 4.78 is 27.3. The van der Waals surface area contributed by atoms with Crippen LogP contribution >= 0.6 is 11.3 Å². The summed E-state index contributed by atoms with van der Waals surface area (Å²) in [6, 6.07) is 1.57. The van der Waals surface area contributed by atoms with Crippen LogP contribution < -0.4 is 5.32 Å². The fourth-order valence-corrected chi connectivity index (χ4v) is 2.42. The Balaban J connectivity index is 2.15. The first-order chi connectivity index (χ1) is 9.51. The third-order valence-electron chi connectivity index (χ3n) is 2.66. The maximum absolute atomic E-state index is 13.7. The normalized spacial score (nSPS) is 10.6. The fourth-order valence-electron chi connectivity index (χ4n) is 1.62. The van der Waals surface area contributed by atoms with Crippen LogP contribution in [0, 0.1) is 11.6 Å². The molecule has 0 fully saturated rings. The first-order valence-electron chi connectivity index (χ1n) is 5.91. The van der Waals surface area contributed by atoms with Crippen molar-refractivity contribution in [3.63, 3.8) is 0 Å². The standard InChI is InChI=1S/C13H12F2N2O2S/c1-2-8-5-16-11(20-8)6-17-12-9(14)3-7(13(18)19)4-10(12)15/h3-5,17H,2,6H2,1H3,(H,18,19). The first-order valence-corrected chi connectivity index (χ1v) is 6.72. The van der Waals surface area contributed by atoms with Gasteiger partial charge in [-0.25, -0.2) is 18.6 Å². The zero-order valence-electron chi connectivity index (χ0n) is 10.6. The van der Waals surface area contributed by atoms with E-state index in [4.69, 9.17) is 5.11 Å². The molecule has 0 unspecified atom stereocenters. The molecule has 2 aromatic rings. The van der Waals surface area contributed by atoms with E-state index in [9.17, 15) is 13.6 Å². The van der Waals surface area contributed by atoms with Crippen LogP contribution in [-0.2, 0) is 13.0 Å². The van der Waals surface area contributed by atoms with E-state index in [1.165, 1.54) is 11.3 Å². The summed E-state index contributed by atoms with van der Waals surface area (Å²) in [5.74, 6) is -3.24. The van der Waals surface area contributed by atoms with Crippen molar-refractivity contribution >= 4 is 23.0 Å². The first kappa shape index (κ1) is 14.4. The van der Waals surface area contributed by atoms with Crippen LogP contribution in [0.5, 0.6) is 0 Å². The average molecular weight is 298 g/mol. The van der Waals surface area contributed by atoms with Crippen molar-refractivity contribution in [2.24, 2.45) is 0 Å². The highest BCUT2D eigenvalue weighted by Crippen LogP contribution is 2.22. The number of thiazole rings is 1. The van der Waals surface area contributed by atoms with Crippen molar-refractivity contribution in [1.82, 2.24) is 4.98 Å². The van der Waals surface area contributed by atoms with E-state index < -0.39 is 23.2 Å². The van der Waals surface area contributed by atoms with Gasteiger partial charge in [-0.1, -0.05) is 6.92 Å². The highest BCUT2D eigenvalue weighted by atomic mass is 32.1. The van der Waals surface area contributed by atoms with Crippen LogP contribution in [0.3, 0.4) is 0 Å². The van der Waals surface area contributed by atoms with Gasteiger partial charge in [0.05, 0.1) is 12.1 Å². The van der Waals surface area contributed by atoms with Gasteiger partial charge in [-0.3, -0.25) is 0 Å². The summed E-state index contributed by atoms with van der Waals surface area (Å²) in [6.07, 6.45) is 2.58. The van der Waals surface area contributed by atoms with E-state index in [1.54, 1.807) is 6.20 Å². The number of nitrogens with zero attached hydrogens (tertiary/aromatic N) is 1. The van der Waals surface area contributed by atoms with Crippen molar-refractivity contribution in [1.29, 1.82) is 0 Å². The zero-order chi connectivity index (χ0) is 14.7. The van der Waals surface area contributed by atoms with Crippen molar-refractivity contribution < 1.29 is 18.7 Å². The van der Waals surface area contributed by atoms with E-state index >= 15 is 0 Å². The third kappa shape index (κ3) is 3.11. The Morgan fingerprint density at radius 3 is 2.55 bits per heavy atom. The molecule has 20 heavy (non-hydrogen) atoms. The molecule has 0 amide bonds. The average Bonchev–Trinajstić information content (AvgIpc) is 2.85. The van der Waals surface area contributed by atoms with Crippen molar-refractivity contribution in [3.05, 3.63) is 45.4 Å². The largest absolute Gasteiger partial charge is 0.478 e. The number of carboxylic acid groups (broad SMARTS) is 1. The Labute approximate surface area is 118 Å². The van der Waals surface area contributed by atoms with Gasteiger partial charge in [0.15, 0.2) is 0 Å². The zero-order valence-corrected chi connectivity index (χ0v) is 11.4. The Kier molecular flexibility index (Phi) is 4.29. The van der Waals surface area contributed by atoms with E-state index in [-0.39, 0.29) is 12.2 Å². The lowest BCUT2D eigenvalue weighted by Crippen LogP contribution is -2.06. The highest BCUT2D eigenvalue weighted by Gasteiger charge is 2.14. The SMILES string of the molecule is CCc1cnc(CNc2c(F)cc(C(=O)O)cc2F)s1. The lowest BCUT2D eigenvalue weighted by atomic mass is 10.2. The summed E-state index contributed by atoms with van der Waals surface area (Å²) in [5, 5.41) is 12.0. The number of aryl methyl sites for hydroxylation is 1. The highest BCUT2D eigenvalue weighted by molar-refractivity contribution is 7.11. The molecule has 1 aromatic carbocycles. The second kappa shape index (κ2) is 5.96. The molecule has 4 nitrogen and oxygen atoms in total. The van der Waals surface area contributed by atoms with E-state index in [2.05, 4.69) is 10.3 Å². The molecule has 0 bridgehead atoms. The maximum atomic E-state index is 13.7. The molecule has 0 aliphatic heterocycles. The number of nitrogens with one attached hydrogen (secondary N) is 1. The molecule has 0 saturated heterocycles. The lowest BCUT2D eigenvalue weighted by Gasteiger charge is -2.08. The Bertz CT molecular complexity index is 620. The van der Waals surface area contributed by atoms with Crippen LogP contribution in [-0.4, -0.2) is 16.1 Å². The van der Waals surface area contributed by atoms with Gasteiger partial charge in [0.2, 0.25) is 0 Å². The molecular formula is C13H12F2N2O2S. The number of halogens is 2. The third-order valence-corrected chi connectivity index (χ3v) is 3.80. The summed E-state index contributed by atoms with van der Waals surface area (Å²) in [7, 11) is 0. The minimum Gasteiger partial charge on any atom is -0.478 e. The monoisotopic (exact) mass is 298 g/mol. The van der Waals surface area contributed by atoms with Crippen molar-refractivity contribution in [3.8, 4) is 0 Å². The second-order valence-electron chi connectivity index (χ2n) is 4.05. The van der Waals surface area contributed by atoms with Crippen molar-refractivity contribution in [2.45, 2.75) is 19.9 Å². The van der Waals surface area contributed by atoms with Crippen LogP contribution in [0.1, 0.15) is 27.2 Å². The van der Waals surface area contributed by atoms with Crippen LogP contribution in [0.15, 0.2) is 18.3 Å². The number of carboxylic acids is 1. The molecule has 0 aliphatic carbocycles. The predicted molar refractivity (Wildman–Crippen MR) is 72.1 cm³/mol. The molecule has 0 atom stereocenters. The minimum atomic E-state index is -1.37. The van der Waals surface area contributed by atoms with E-state index in [0.29, 0.717) is 5.01 Å². The molecule has 1 heterocycles. The van der Waals surface area contributed by atoms with Crippen molar-refractivity contribution in [2.75, 3.05) is 5.32 Å². The Hall–Kier alpha value is -2.02. The molecule has 2 rings (SSSR count). The topological polar surface area (TPSA) is 62.2 Å². The van der Waals surface area contributed by atoms with E-state index in [0.717, 1.165) is 23.4 Å². The summed E-state index contributed by atoms with van der Waals surface area (Å²) in [5.41, 5.74) is -0.767. The van der Waals surface area contributed by atoms with E-state index in [1.807, 2.05) is 6.92 Å². The summed E-state index contributed by atoms with van der Waals surface area (Å²) >= 11 is 1.46. The van der Waals surface area contributed by atoms with Gasteiger partial charge in [-0.15, -0.1) is 11.3 Å². The number of benzene rings is 1. The van der Waals surface area contributed by atoms with Gasteiger partial charge in [0.1, 0.15) is 22.3 Å². The lowest BCUT2D eigenvalue weighted by molar-refractivity contribution is 0.0696. The number of carbonyl (C=O) groups is 1. The van der Waals surface area contributed by atoms with Crippen LogP contribution in [0.4, 0.5) is 14.5 Å². The van der Waals surface area contributed by atoms with Crippen LogP contribution in [0.25, 0.3) is 0 Å². The number of hydrogen-bond donors (Lipinski definition) is 2. The van der Waals surface area contributed by atoms with Gasteiger partial charge in [-0.2, -0.15) is 0 Å². The fraction of sp³-hybridized carbons (Fsp3) is 0.231. The molecule has 1 aromatic heterocycles. The van der Waals surface area contributed by atoms with Gasteiger partial charge < -0.3 is 10.4 Å². The van der Waals surface area contributed by atoms with Gasteiger partial charge in [-0.05, 0) is 18.6 Å². The predicted octanol–water partition coefficient (Wildman–Crippen LogP) is 3.29. The van der Waals surface area contributed by atoms with Gasteiger partial charge in [0.25, 0.3) is 0 Å². The quantitative estimate of drug-likeness (QED) is 0.889. The molecule has 0 radical (unpaired) electrons. The Morgan fingerprint density at radius 1 is 1.40 bits per heavy atom. The van der Waals surface area contributed by atoms with Crippen LogP contribution in [0.2, 0.25) is 0 Å². The van der Waals surface area contributed by atoms with Gasteiger partial charge in [0, 0.05) is 11.1 Å². The number of hydrogen-bond acceptors (Lipinski definition) is 4. The Morgan fingerprint density at radius 2 is 2.05 bits per heavy atom. The van der Waals surface area contributed by atoms with Gasteiger partial charge >= 0.3 is 5.97 Å². The maximum Gasteiger partial charge on any atom is 0.335 e. The molecule has 7 heteroatoms. The molecule has 0 spiro atoms. The number of anilines is 1. The molecule has 2 N–H and O–H groups in total. The summed E-state index contributed by atoms with van der Waals surface area (Å²) in [4.78, 5) is 15.9. The molecular weight excluding hydrogens is 286 g/mol. The minimum absolute atomic E-state index is 0.185. The number of rotatable bonds is 5.